The molecule has 0 unspecified atom stereocenters. The van der Waals surface area contributed by atoms with E-state index in [0.29, 0.717) is 16.2 Å². The highest BCUT2D eigenvalue weighted by atomic mass is 35.5. The number of halogens is 2. The third-order valence-corrected chi connectivity index (χ3v) is 4.50. The molecule has 0 spiro atoms. The number of ether oxygens (including phenoxy) is 1. The van der Waals surface area contributed by atoms with E-state index >= 15 is 0 Å². The van der Waals surface area contributed by atoms with Gasteiger partial charge in [-0.3, -0.25) is 0 Å². The standard InChI is InChI=1S/C13H13Cl2NOS/c1-7-4-8(2)9(3)10(5-7)17-13-16-12(15)11(6-14)18-13/h4-5H,6H2,1-3H3. The summed E-state index contributed by atoms with van der Waals surface area (Å²) in [5, 5.41) is 0.954. The lowest BCUT2D eigenvalue weighted by Crippen LogP contribution is -1.91. The van der Waals surface area contributed by atoms with E-state index < -0.39 is 0 Å². The molecule has 0 bridgehead atoms. The van der Waals surface area contributed by atoms with E-state index in [1.807, 2.05) is 19.9 Å². The van der Waals surface area contributed by atoms with Crippen LogP contribution in [-0.4, -0.2) is 4.98 Å². The summed E-state index contributed by atoms with van der Waals surface area (Å²) in [6, 6.07) is 4.12. The first kappa shape index (κ1) is 13.7. The molecule has 96 valence electrons. The van der Waals surface area contributed by atoms with Gasteiger partial charge in [-0.1, -0.05) is 29.0 Å². The maximum atomic E-state index is 5.95. The summed E-state index contributed by atoms with van der Waals surface area (Å²) in [4.78, 5) is 4.98. The molecule has 0 atom stereocenters. The fraction of sp³-hybridized carbons (Fsp3) is 0.308. The van der Waals surface area contributed by atoms with E-state index in [4.69, 9.17) is 27.9 Å². The number of alkyl halides is 1. The summed E-state index contributed by atoms with van der Waals surface area (Å²) in [7, 11) is 0. The van der Waals surface area contributed by atoms with Gasteiger partial charge in [-0.25, -0.2) is 0 Å². The molecule has 0 amide bonds. The average molecular weight is 302 g/mol. The van der Waals surface area contributed by atoms with Crippen LogP contribution >= 0.6 is 34.5 Å². The second-order valence-corrected chi connectivity index (χ2v) is 5.81. The van der Waals surface area contributed by atoms with Crippen LogP contribution in [0.4, 0.5) is 0 Å². The van der Waals surface area contributed by atoms with Crippen molar-refractivity contribution in [1.29, 1.82) is 0 Å². The Bertz CT molecular complexity index is 581. The van der Waals surface area contributed by atoms with Gasteiger partial charge in [0.15, 0.2) is 0 Å². The number of rotatable bonds is 3. The fourth-order valence-electron chi connectivity index (χ4n) is 1.64. The first-order valence-electron chi connectivity index (χ1n) is 5.48. The van der Waals surface area contributed by atoms with Crippen LogP contribution in [0.5, 0.6) is 10.9 Å². The first-order valence-corrected chi connectivity index (χ1v) is 7.21. The molecule has 18 heavy (non-hydrogen) atoms. The first-order chi connectivity index (χ1) is 8.51. The van der Waals surface area contributed by atoms with Gasteiger partial charge in [-0.2, -0.15) is 4.98 Å². The van der Waals surface area contributed by atoms with E-state index in [-0.39, 0.29) is 0 Å². The zero-order valence-electron chi connectivity index (χ0n) is 10.4. The van der Waals surface area contributed by atoms with Gasteiger partial charge in [0.1, 0.15) is 10.9 Å². The van der Waals surface area contributed by atoms with Gasteiger partial charge in [0.05, 0.1) is 10.8 Å². The van der Waals surface area contributed by atoms with Crippen molar-refractivity contribution in [2.75, 3.05) is 0 Å². The molecule has 0 radical (unpaired) electrons. The van der Waals surface area contributed by atoms with Crippen LogP contribution in [0.3, 0.4) is 0 Å². The van der Waals surface area contributed by atoms with Crippen LogP contribution < -0.4 is 4.74 Å². The second kappa shape index (κ2) is 5.47. The molecule has 2 aromatic rings. The lowest BCUT2D eigenvalue weighted by Gasteiger charge is -2.09. The minimum atomic E-state index is 0.353. The van der Waals surface area contributed by atoms with E-state index in [1.165, 1.54) is 16.9 Å². The van der Waals surface area contributed by atoms with Gasteiger partial charge in [-0.05, 0) is 43.5 Å². The van der Waals surface area contributed by atoms with Gasteiger partial charge in [-0.15, -0.1) is 11.6 Å². The van der Waals surface area contributed by atoms with Crippen molar-refractivity contribution in [1.82, 2.24) is 4.98 Å². The predicted molar refractivity (Wildman–Crippen MR) is 77.4 cm³/mol. The monoisotopic (exact) mass is 301 g/mol. The molecule has 5 heteroatoms. The van der Waals surface area contributed by atoms with Crippen molar-refractivity contribution < 1.29 is 4.74 Å². The zero-order chi connectivity index (χ0) is 13.3. The third kappa shape index (κ3) is 2.79. The summed E-state index contributed by atoms with van der Waals surface area (Å²) in [5.74, 6) is 1.17. The van der Waals surface area contributed by atoms with Gasteiger partial charge < -0.3 is 4.74 Å². The van der Waals surface area contributed by atoms with Crippen molar-refractivity contribution in [2.45, 2.75) is 26.7 Å². The van der Waals surface area contributed by atoms with E-state index in [2.05, 4.69) is 18.0 Å². The summed E-state index contributed by atoms with van der Waals surface area (Å²) in [6.45, 7) is 6.13. The van der Waals surface area contributed by atoms with Crippen molar-refractivity contribution in [2.24, 2.45) is 0 Å². The highest BCUT2D eigenvalue weighted by Gasteiger charge is 2.12. The molecule has 2 nitrogen and oxygen atoms in total. The predicted octanol–water partition coefficient (Wildman–Crippen LogP) is 5.25. The number of aryl methyl sites for hydroxylation is 2. The SMILES string of the molecule is Cc1cc(C)c(C)c(Oc2nc(Cl)c(CCl)s2)c1. The third-order valence-electron chi connectivity index (χ3n) is 2.71. The molecule has 0 N–H and O–H groups in total. The fourth-order valence-corrected chi connectivity index (χ4v) is 2.97. The number of benzene rings is 1. The molecule has 1 aromatic carbocycles. The summed E-state index contributed by atoms with van der Waals surface area (Å²) in [6.07, 6.45) is 0. The van der Waals surface area contributed by atoms with Crippen molar-refractivity contribution in [3.8, 4) is 10.9 Å². The number of thiazole rings is 1. The average Bonchev–Trinajstić information content (AvgIpc) is 2.65. The van der Waals surface area contributed by atoms with Crippen molar-refractivity contribution >= 4 is 34.5 Å². The zero-order valence-corrected chi connectivity index (χ0v) is 12.7. The largest absolute Gasteiger partial charge is 0.431 e. The van der Waals surface area contributed by atoms with Crippen molar-refractivity contribution in [3.63, 3.8) is 0 Å². The summed E-state index contributed by atoms with van der Waals surface area (Å²) < 4.78 is 5.80. The number of hydrogen-bond acceptors (Lipinski definition) is 3. The Hall–Kier alpha value is -0.770. The molecule has 0 aliphatic carbocycles. The molecule has 1 aromatic heterocycles. The van der Waals surface area contributed by atoms with Crippen LogP contribution in [-0.2, 0) is 5.88 Å². The Morgan fingerprint density at radius 2 is 2.00 bits per heavy atom. The molecule has 0 saturated carbocycles. The van der Waals surface area contributed by atoms with Crippen LogP contribution in [0.15, 0.2) is 12.1 Å². The topological polar surface area (TPSA) is 22.1 Å². The van der Waals surface area contributed by atoms with Gasteiger partial charge in [0.25, 0.3) is 5.19 Å². The smallest absolute Gasteiger partial charge is 0.280 e. The van der Waals surface area contributed by atoms with Gasteiger partial charge >= 0.3 is 0 Å². The Morgan fingerprint density at radius 3 is 2.61 bits per heavy atom. The molecule has 1 heterocycles. The van der Waals surface area contributed by atoms with E-state index in [0.717, 1.165) is 21.8 Å². The minimum absolute atomic E-state index is 0.353. The van der Waals surface area contributed by atoms with Crippen LogP contribution in [0.25, 0.3) is 0 Å². The normalized spacial score (nSPS) is 10.7. The molecule has 0 aliphatic rings. The summed E-state index contributed by atoms with van der Waals surface area (Å²) in [5.41, 5.74) is 3.47. The van der Waals surface area contributed by atoms with E-state index in [9.17, 15) is 0 Å². The van der Waals surface area contributed by atoms with Crippen LogP contribution in [0.2, 0.25) is 5.15 Å². The molecule has 0 fully saturated rings. The van der Waals surface area contributed by atoms with Crippen molar-refractivity contribution in [3.05, 3.63) is 38.9 Å². The Morgan fingerprint density at radius 1 is 1.28 bits per heavy atom. The van der Waals surface area contributed by atoms with Gasteiger partial charge in [0, 0.05) is 0 Å². The number of nitrogens with zero attached hydrogens (tertiary/aromatic N) is 1. The minimum Gasteiger partial charge on any atom is -0.431 e. The van der Waals surface area contributed by atoms with Crippen LogP contribution in [0.1, 0.15) is 21.6 Å². The molecule has 0 aliphatic heterocycles. The molecule has 0 saturated heterocycles. The van der Waals surface area contributed by atoms with Gasteiger partial charge in [0.2, 0.25) is 0 Å². The molecule has 2 rings (SSSR count). The summed E-state index contributed by atoms with van der Waals surface area (Å²) >= 11 is 13.1. The Kier molecular flexibility index (Phi) is 4.15. The highest BCUT2D eigenvalue weighted by molar-refractivity contribution is 7.14. The maximum absolute atomic E-state index is 5.95. The quantitative estimate of drug-likeness (QED) is 0.722. The van der Waals surface area contributed by atoms with Crippen LogP contribution in [0, 0.1) is 20.8 Å². The number of aromatic nitrogens is 1. The highest BCUT2D eigenvalue weighted by Crippen LogP contribution is 2.35. The second-order valence-electron chi connectivity index (χ2n) is 4.13. The lowest BCUT2D eigenvalue weighted by atomic mass is 10.1. The van der Waals surface area contributed by atoms with E-state index in [1.54, 1.807) is 0 Å². The number of hydrogen-bond donors (Lipinski definition) is 0. The molecular weight excluding hydrogens is 289 g/mol. The molecular formula is C13H13Cl2NOS. The Balaban J connectivity index is 2.33. The lowest BCUT2D eigenvalue weighted by molar-refractivity contribution is 0.474. The Labute approximate surface area is 121 Å². The maximum Gasteiger partial charge on any atom is 0.280 e.